The number of fused-ring (bicyclic) bond motifs is 1. The topological polar surface area (TPSA) is 113 Å². The lowest BCUT2D eigenvalue weighted by atomic mass is 10.0. The summed E-state index contributed by atoms with van der Waals surface area (Å²) in [6.07, 6.45) is 0.394. The highest BCUT2D eigenvalue weighted by atomic mass is 19.1. The van der Waals surface area contributed by atoms with Crippen molar-refractivity contribution < 1.29 is 28.4 Å². The minimum atomic E-state index is -0.994. The highest BCUT2D eigenvalue weighted by Crippen LogP contribution is 2.29. The maximum Gasteiger partial charge on any atom is 0.292 e. The number of hydrogen-bond acceptors (Lipinski definition) is 5. The van der Waals surface area contributed by atoms with Gasteiger partial charge in [-0.3, -0.25) is 29.3 Å². The van der Waals surface area contributed by atoms with E-state index in [0.717, 1.165) is 6.07 Å². The van der Waals surface area contributed by atoms with Crippen molar-refractivity contribution in [1.82, 2.24) is 15.5 Å². The zero-order valence-corrected chi connectivity index (χ0v) is 16.3. The van der Waals surface area contributed by atoms with Crippen LogP contribution in [0, 0.1) is 5.82 Å². The Morgan fingerprint density at radius 3 is 2.61 bits per heavy atom. The van der Waals surface area contributed by atoms with Gasteiger partial charge in [0.25, 0.3) is 17.6 Å². The van der Waals surface area contributed by atoms with Gasteiger partial charge in [0.2, 0.25) is 11.8 Å². The van der Waals surface area contributed by atoms with Crippen molar-refractivity contribution in [2.45, 2.75) is 32.0 Å². The Morgan fingerprint density at radius 1 is 1.10 bits per heavy atom. The number of benzene rings is 2. The van der Waals surface area contributed by atoms with Gasteiger partial charge in [0.1, 0.15) is 11.9 Å². The van der Waals surface area contributed by atoms with Crippen LogP contribution >= 0.6 is 0 Å². The first-order chi connectivity index (χ1) is 14.9. The summed E-state index contributed by atoms with van der Waals surface area (Å²) in [5.74, 6) is -3.95. The lowest BCUT2D eigenvalue weighted by Gasteiger charge is -2.29. The van der Waals surface area contributed by atoms with Gasteiger partial charge in [-0.05, 0) is 35.7 Å². The van der Waals surface area contributed by atoms with Crippen molar-refractivity contribution in [2.75, 3.05) is 0 Å². The van der Waals surface area contributed by atoms with Crippen LogP contribution < -0.4 is 10.6 Å². The van der Waals surface area contributed by atoms with E-state index in [9.17, 15) is 28.4 Å². The van der Waals surface area contributed by atoms with Gasteiger partial charge in [-0.1, -0.05) is 24.3 Å². The first-order valence-electron chi connectivity index (χ1n) is 9.69. The maximum absolute atomic E-state index is 13.8. The number of ketones is 1. The van der Waals surface area contributed by atoms with E-state index in [1.54, 1.807) is 18.2 Å². The Morgan fingerprint density at radius 2 is 1.87 bits per heavy atom. The molecule has 8 nitrogen and oxygen atoms in total. The fourth-order valence-corrected chi connectivity index (χ4v) is 3.84. The molecular formula is C22H18FN3O5. The minimum Gasteiger partial charge on any atom is -0.345 e. The Bertz CT molecular complexity index is 1130. The lowest BCUT2D eigenvalue weighted by Crippen LogP contribution is -2.52. The third-order valence-electron chi connectivity index (χ3n) is 5.44. The molecule has 2 aromatic rings. The average Bonchev–Trinajstić information content (AvgIpc) is 3.09. The molecule has 2 N–H and O–H groups in total. The molecule has 9 heteroatoms. The molecular weight excluding hydrogens is 405 g/mol. The quantitative estimate of drug-likeness (QED) is 0.425. The molecule has 0 aliphatic carbocycles. The lowest BCUT2D eigenvalue weighted by molar-refractivity contribution is -0.136. The van der Waals surface area contributed by atoms with E-state index in [2.05, 4.69) is 10.6 Å². The summed E-state index contributed by atoms with van der Waals surface area (Å²) in [6.45, 7) is 0.104. The number of piperidine rings is 1. The molecule has 1 atom stereocenters. The Balaban J connectivity index is 1.48. The van der Waals surface area contributed by atoms with Crippen molar-refractivity contribution >= 4 is 29.4 Å². The zero-order valence-electron chi connectivity index (χ0n) is 16.3. The van der Waals surface area contributed by atoms with Crippen molar-refractivity contribution in [1.29, 1.82) is 0 Å². The van der Waals surface area contributed by atoms with Gasteiger partial charge < -0.3 is 10.2 Å². The van der Waals surface area contributed by atoms with Gasteiger partial charge in [-0.15, -0.1) is 0 Å². The number of carbonyl (C=O) groups excluding carboxylic acids is 5. The molecule has 158 valence electrons. The second-order valence-corrected chi connectivity index (χ2v) is 7.33. The second-order valence-electron chi connectivity index (χ2n) is 7.33. The third-order valence-corrected chi connectivity index (χ3v) is 5.44. The van der Waals surface area contributed by atoms with Crippen LogP contribution in [0.2, 0.25) is 0 Å². The molecule has 2 aliphatic heterocycles. The summed E-state index contributed by atoms with van der Waals surface area (Å²) in [5, 5.41) is 4.71. The van der Waals surface area contributed by atoms with E-state index in [1.807, 2.05) is 0 Å². The number of Topliss-reactive ketones (excluding diaryl/α,β-unsaturated/α-hetero) is 1. The smallest absolute Gasteiger partial charge is 0.292 e. The van der Waals surface area contributed by atoms with E-state index in [1.165, 1.54) is 23.1 Å². The number of rotatable bonds is 5. The largest absolute Gasteiger partial charge is 0.345 e. The fraction of sp³-hybridized carbons (Fsp3) is 0.227. The van der Waals surface area contributed by atoms with E-state index in [0.29, 0.717) is 16.7 Å². The molecule has 1 unspecified atom stereocenters. The molecule has 2 aliphatic rings. The summed E-state index contributed by atoms with van der Waals surface area (Å²) >= 11 is 0. The Hall–Kier alpha value is -3.88. The van der Waals surface area contributed by atoms with Gasteiger partial charge in [0, 0.05) is 25.1 Å². The van der Waals surface area contributed by atoms with E-state index in [4.69, 9.17) is 0 Å². The molecule has 0 saturated carbocycles. The molecule has 1 saturated heterocycles. The van der Waals surface area contributed by atoms with Crippen LogP contribution in [0.1, 0.15) is 44.7 Å². The number of nitrogens with zero attached hydrogens (tertiary/aromatic N) is 1. The summed E-state index contributed by atoms with van der Waals surface area (Å²) in [7, 11) is 0. The van der Waals surface area contributed by atoms with Gasteiger partial charge in [-0.2, -0.15) is 0 Å². The van der Waals surface area contributed by atoms with Crippen LogP contribution in [0.5, 0.6) is 0 Å². The summed E-state index contributed by atoms with van der Waals surface area (Å²) in [6, 6.07) is 9.43. The van der Waals surface area contributed by atoms with E-state index < -0.39 is 29.5 Å². The highest BCUT2D eigenvalue weighted by molar-refractivity contribution is 6.42. The summed E-state index contributed by atoms with van der Waals surface area (Å²) < 4.78 is 13.8. The highest BCUT2D eigenvalue weighted by Gasteiger charge is 2.39. The molecule has 1 fully saturated rings. The van der Waals surface area contributed by atoms with Crippen LogP contribution in [-0.4, -0.2) is 40.4 Å². The molecule has 2 aromatic carbocycles. The molecule has 0 aromatic heterocycles. The van der Waals surface area contributed by atoms with E-state index in [-0.39, 0.29) is 43.3 Å². The van der Waals surface area contributed by atoms with Crippen LogP contribution in [0.4, 0.5) is 4.39 Å². The number of hydrogen-bond donors (Lipinski definition) is 2. The van der Waals surface area contributed by atoms with Gasteiger partial charge in [-0.25, -0.2) is 4.39 Å². The minimum absolute atomic E-state index is 0.0430. The van der Waals surface area contributed by atoms with Crippen molar-refractivity contribution in [3.05, 3.63) is 70.5 Å². The monoisotopic (exact) mass is 423 g/mol. The normalized spacial score (nSPS) is 17.9. The summed E-state index contributed by atoms with van der Waals surface area (Å²) in [5.41, 5.74) is 1.32. The standard InChI is InChI=1S/C22H18FN3O5/c23-16-7-2-1-5-14(16)19(28)21(30)24-10-12-4-3-6-13-15(12)11-26(22(13)31)17-8-9-18(27)25-20(17)29/h1-7,17H,8-11H2,(H,24,30)(H,25,27,29). The van der Waals surface area contributed by atoms with Crippen molar-refractivity contribution in [2.24, 2.45) is 0 Å². The van der Waals surface area contributed by atoms with Gasteiger partial charge >= 0.3 is 0 Å². The second kappa shape index (κ2) is 8.10. The molecule has 0 spiro atoms. The summed E-state index contributed by atoms with van der Waals surface area (Å²) in [4.78, 5) is 62.2. The number of halogens is 1. The Labute approximate surface area is 176 Å². The molecule has 0 radical (unpaired) electrons. The van der Waals surface area contributed by atoms with Gasteiger partial charge in [0.05, 0.1) is 5.56 Å². The number of amides is 4. The number of imide groups is 1. The van der Waals surface area contributed by atoms with Crippen LogP contribution in [0.25, 0.3) is 0 Å². The maximum atomic E-state index is 13.8. The van der Waals surface area contributed by atoms with Crippen LogP contribution in [0.15, 0.2) is 42.5 Å². The van der Waals surface area contributed by atoms with Gasteiger partial charge in [0.15, 0.2) is 0 Å². The zero-order chi connectivity index (χ0) is 22.1. The SMILES string of the molecule is O=C1CCC(N2Cc3c(CNC(=O)C(=O)c4ccccc4F)cccc3C2=O)C(=O)N1. The fourth-order valence-electron chi connectivity index (χ4n) is 3.84. The number of nitrogens with one attached hydrogen (secondary N) is 2. The molecule has 0 bridgehead atoms. The molecule has 2 heterocycles. The number of carbonyl (C=O) groups is 5. The van der Waals surface area contributed by atoms with E-state index >= 15 is 0 Å². The van der Waals surface area contributed by atoms with Crippen molar-refractivity contribution in [3.8, 4) is 0 Å². The molecule has 4 rings (SSSR count). The predicted octanol–water partition coefficient (Wildman–Crippen LogP) is 1.09. The predicted molar refractivity (Wildman–Crippen MR) is 105 cm³/mol. The molecule has 31 heavy (non-hydrogen) atoms. The first kappa shape index (κ1) is 20.4. The van der Waals surface area contributed by atoms with Crippen LogP contribution in [0.3, 0.4) is 0 Å². The average molecular weight is 423 g/mol. The van der Waals surface area contributed by atoms with Crippen LogP contribution in [-0.2, 0) is 27.5 Å². The Kier molecular flexibility index (Phi) is 5.33. The van der Waals surface area contributed by atoms with Crippen molar-refractivity contribution in [3.63, 3.8) is 0 Å². The molecule has 4 amide bonds. The third kappa shape index (κ3) is 3.81. The first-order valence-corrected chi connectivity index (χ1v) is 9.69.